The zero-order valence-electron chi connectivity index (χ0n) is 13.9. The number of hydrogen-bond acceptors (Lipinski definition) is 3. The number of sulfonamides is 1. The SMILES string of the molecule is CCNC(=O)C1=CCN(S(=O)(=O)c2ccccc2)[C@@H]1c1ccccc1. The van der Waals surface area contributed by atoms with Crippen LogP contribution in [0.3, 0.4) is 0 Å². The standard InChI is InChI=1S/C19H20N2O3S/c1-2-20-19(22)17-13-14-21(18(17)15-9-5-3-6-10-15)25(23,24)16-11-7-4-8-12-16/h3-13,18H,2,14H2,1H3,(H,20,22)/t18-/m1/s1. The predicted molar refractivity (Wildman–Crippen MR) is 96.3 cm³/mol. The first-order chi connectivity index (χ1) is 12.1. The van der Waals surface area contributed by atoms with E-state index in [1.54, 1.807) is 36.4 Å². The molecular weight excluding hydrogens is 336 g/mol. The molecule has 0 fully saturated rings. The average molecular weight is 356 g/mol. The van der Waals surface area contributed by atoms with Crippen LogP contribution in [0, 0.1) is 0 Å². The molecule has 0 radical (unpaired) electrons. The molecule has 2 aromatic carbocycles. The Morgan fingerprint density at radius 1 is 1.08 bits per heavy atom. The van der Waals surface area contributed by atoms with Crippen molar-refractivity contribution in [2.24, 2.45) is 0 Å². The normalized spacial score (nSPS) is 18.0. The van der Waals surface area contributed by atoms with Crippen LogP contribution in [0.15, 0.2) is 77.2 Å². The molecular formula is C19H20N2O3S. The van der Waals surface area contributed by atoms with E-state index in [4.69, 9.17) is 0 Å². The van der Waals surface area contributed by atoms with Crippen LogP contribution in [0.5, 0.6) is 0 Å². The number of benzene rings is 2. The van der Waals surface area contributed by atoms with Crippen molar-refractivity contribution in [2.45, 2.75) is 17.9 Å². The van der Waals surface area contributed by atoms with Gasteiger partial charge in [-0.3, -0.25) is 4.79 Å². The summed E-state index contributed by atoms with van der Waals surface area (Å²) in [7, 11) is -3.72. The number of carbonyl (C=O) groups is 1. The number of nitrogens with one attached hydrogen (secondary N) is 1. The topological polar surface area (TPSA) is 66.5 Å². The fourth-order valence-electron chi connectivity index (χ4n) is 2.99. The summed E-state index contributed by atoms with van der Waals surface area (Å²) in [4.78, 5) is 12.7. The van der Waals surface area contributed by atoms with E-state index >= 15 is 0 Å². The van der Waals surface area contributed by atoms with Crippen LogP contribution < -0.4 is 5.32 Å². The molecule has 0 saturated heterocycles. The molecule has 1 atom stereocenters. The molecule has 0 spiro atoms. The summed E-state index contributed by atoms with van der Waals surface area (Å²) in [6, 6.07) is 16.9. The van der Waals surface area contributed by atoms with Gasteiger partial charge in [-0.2, -0.15) is 4.31 Å². The Labute approximate surface area is 148 Å². The van der Waals surface area contributed by atoms with Crippen LogP contribution in [0.2, 0.25) is 0 Å². The van der Waals surface area contributed by atoms with Gasteiger partial charge in [0.1, 0.15) is 0 Å². The van der Waals surface area contributed by atoms with Crippen LogP contribution >= 0.6 is 0 Å². The van der Waals surface area contributed by atoms with E-state index < -0.39 is 16.1 Å². The van der Waals surface area contributed by atoms with Crippen LogP contribution in [0.4, 0.5) is 0 Å². The van der Waals surface area contributed by atoms with Crippen molar-refractivity contribution in [1.82, 2.24) is 9.62 Å². The first-order valence-electron chi connectivity index (χ1n) is 8.15. The van der Waals surface area contributed by atoms with Gasteiger partial charge in [-0.1, -0.05) is 54.6 Å². The Bertz CT molecular complexity index is 877. The Morgan fingerprint density at radius 2 is 1.68 bits per heavy atom. The lowest BCUT2D eigenvalue weighted by Crippen LogP contribution is -2.35. The van der Waals surface area contributed by atoms with Gasteiger partial charge in [-0.15, -0.1) is 0 Å². The van der Waals surface area contributed by atoms with Crippen molar-refractivity contribution in [2.75, 3.05) is 13.1 Å². The Balaban J connectivity index is 2.04. The lowest BCUT2D eigenvalue weighted by atomic mass is 10.0. The second-order valence-electron chi connectivity index (χ2n) is 5.72. The molecule has 1 amide bonds. The van der Waals surface area contributed by atoms with Crippen molar-refractivity contribution >= 4 is 15.9 Å². The first kappa shape index (κ1) is 17.4. The monoisotopic (exact) mass is 356 g/mol. The molecule has 6 heteroatoms. The van der Waals surface area contributed by atoms with E-state index in [9.17, 15) is 13.2 Å². The number of carbonyl (C=O) groups excluding carboxylic acids is 1. The summed E-state index contributed by atoms with van der Waals surface area (Å²) in [5.74, 6) is -0.234. The minimum atomic E-state index is -3.72. The number of hydrogen-bond donors (Lipinski definition) is 1. The highest BCUT2D eigenvalue weighted by atomic mass is 32.2. The molecule has 130 valence electrons. The third-order valence-corrected chi connectivity index (χ3v) is 5.98. The lowest BCUT2D eigenvalue weighted by Gasteiger charge is -2.26. The maximum atomic E-state index is 13.1. The van der Waals surface area contributed by atoms with Crippen LogP contribution in [-0.2, 0) is 14.8 Å². The molecule has 3 rings (SSSR count). The summed E-state index contributed by atoms with van der Waals surface area (Å²) in [5.41, 5.74) is 1.24. The van der Waals surface area contributed by atoms with Crippen molar-refractivity contribution in [1.29, 1.82) is 0 Å². The molecule has 5 nitrogen and oxygen atoms in total. The quantitative estimate of drug-likeness (QED) is 0.895. The van der Waals surface area contributed by atoms with Gasteiger partial charge in [0, 0.05) is 18.7 Å². The highest BCUT2D eigenvalue weighted by Gasteiger charge is 2.40. The minimum Gasteiger partial charge on any atom is -0.353 e. The molecule has 1 aliphatic rings. The maximum Gasteiger partial charge on any atom is 0.248 e. The first-order valence-corrected chi connectivity index (χ1v) is 9.59. The molecule has 1 heterocycles. The Hall–Kier alpha value is -2.44. The number of rotatable bonds is 5. The second kappa shape index (κ2) is 7.21. The van der Waals surface area contributed by atoms with Gasteiger partial charge in [-0.25, -0.2) is 8.42 Å². The molecule has 25 heavy (non-hydrogen) atoms. The molecule has 0 unspecified atom stereocenters. The molecule has 0 aliphatic carbocycles. The highest BCUT2D eigenvalue weighted by molar-refractivity contribution is 7.89. The molecule has 1 aliphatic heterocycles. The summed E-state index contributed by atoms with van der Waals surface area (Å²) < 4.78 is 27.6. The van der Waals surface area contributed by atoms with Crippen LogP contribution in [-0.4, -0.2) is 31.7 Å². The van der Waals surface area contributed by atoms with E-state index in [2.05, 4.69) is 5.32 Å². The fourth-order valence-corrected chi connectivity index (χ4v) is 4.54. The largest absolute Gasteiger partial charge is 0.353 e. The van der Waals surface area contributed by atoms with Gasteiger partial charge in [0.25, 0.3) is 0 Å². The van der Waals surface area contributed by atoms with E-state index in [1.165, 1.54) is 4.31 Å². The minimum absolute atomic E-state index is 0.170. The van der Waals surface area contributed by atoms with Gasteiger partial charge in [0.2, 0.25) is 15.9 Å². The second-order valence-corrected chi connectivity index (χ2v) is 7.61. The summed E-state index contributed by atoms with van der Waals surface area (Å²) >= 11 is 0. The van der Waals surface area contributed by atoms with E-state index in [0.29, 0.717) is 12.1 Å². The Kier molecular flexibility index (Phi) is 5.01. The van der Waals surface area contributed by atoms with Crippen molar-refractivity contribution < 1.29 is 13.2 Å². The third-order valence-electron chi connectivity index (χ3n) is 4.14. The van der Waals surface area contributed by atoms with E-state index in [1.807, 2.05) is 37.3 Å². The smallest absolute Gasteiger partial charge is 0.248 e. The Morgan fingerprint density at radius 3 is 2.28 bits per heavy atom. The number of amides is 1. The van der Waals surface area contributed by atoms with Gasteiger partial charge in [0.15, 0.2) is 0 Å². The number of likely N-dealkylation sites (N-methyl/N-ethyl adjacent to an activating group) is 1. The molecule has 2 aromatic rings. The summed E-state index contributed by atoms with van der Waals surface area (Å²) in [6.07, 6.45) is 1.70. The molecule has 1 N–H and O–H groups in total. The highest BCUT2D eigenvalue weighted by Crippen LogP contribution is 2.37. The third kappa shape index (κ3) is 3.36. The zero-order valence-corrected chi connectivity index (χ0v) is 14.7. The van der Waals surface area contributed by atoms with E-state index in [0.717, 1.165) is 5.56 Å². The maximum absolute atomic E-state index is 13.1. The van der Waals surface area contributed by atoms with Crippen molar-refractivity contribution in [3.63, 3.8) is 0 Å². The van der Waals surface area contributed by atoms with Gasteiger partial charge in [-0.05, 0) is 24.6 Å². The van der Waals surface area contributed by atoms with Crippen LogP contribution in [0.1, 0.15) is 18.5 Å². The zero-order chi connectivity index (χ0) is 17.9. The number of nitrogens with zero attached hydrogens (tertiary/aromatic N) is 1. The van der Waals surface area contributed by atoms with E-state index in [-0.39, 0.29) is 17.3 Å². The van der Waals surface area contributed by atoms with Gasteiger partial charge < -0.3 is 5.32 Å². The summed E-state index contributed by atoms with van der Waals surface area (Å²) in [6.45, 7) is 2.50. The summed E-state index contributed by atoms with van der Waals surface area (Å²) in [5, 5.41) is 2.77. The van der Waals surface area contributed by atoms with Gasteiger partial charge in [0.05, 0.1) is 10.9 Å². The predicted octanol–water partition coefficient (Wildman–Crippen LogP) is 2.49. The molecule has 0 saturated carbocycles. The molecule has 0 bridgehead atoms. The molecule has 0 aromatic heterocycles. The van der Waals surface area contributed by atoms with Crippen molar-refractivity contribution in [3.8, 4) is 0 Å². The van der Waals surface area contributed by atoms with Crippen molar-refractivity contribution in [3.05, 3.63) is 77.9 Å². The fraction of sp³-hybridized carbons (Fsp3) is 0.211. The lowest BCUT2D eigenvalue weighted by molar-refractivity contribution is -0.117. The average Bonchev–Trinajstić information content (AvgIpc) is 3.09. The van der Waals surface area contributed by atoms with Gasteiger partial charge >= 0.3 is 0 Å². The van der Waals surface area contributed by atoms with Crippen LogP contribution in [0.25, 0.3) is 0 Å².